The summed E-state index contributed by atoms with van der Waals surface area (Å²) < 4.78 is 0. The van der Waals surface area contributed by atoms with Gasteiger partial charge in [0.1, 0.15) is 5.82 Å². The predicted molar refractivity (Wildman–Crippen MR) is 80.3 cm³/mol. The fourth-order valence-corrected chi connectivity index (χ4v) is 4.02. The molecule has 1 saturated carbocycles. The van der Waals surface area contributed by atoms with Gasteiger partial charge in [-0.25, -0.2) is 0 Å². The van der Waals surface area contributed by atoms with Gasteiger partial charge in [-0.3, -0.25) is 5.10 Å². The first-order chi connectivity index (χ1) is 10.3. The number of nitrogens with one attached hydrogen (secondary N) is 2. The van der Waals surface area contributed by atoms with Crippen molar-refractivity contribution in [2.45, 2.75) is 56.6 Å². The molecule has 0 amide bonds. The van der Waals surface area contributed by atoms with Gasteiger partial charge in [-0.2, -0.15) is 4.98 Å². The molecule has 3 heterocycles. The molecule has 2 aliphatic heterocycles. The van der Waals surface area contributed by atoms with Crippen LogP contribution in [0, 0.1) is 5.92 Å². The van der Waals surface area contributed by atoms with E-state index in [1.165, 1.54) is 32.2 Å². The molecule has 1 aromatic rings. The van der Waals surface area contributed by atoms with Gasteiger partial charge in [0.05, 0.1) is 6.10 Å². The van der Waals surface area contributed by atoms with E-state index >= 15 is 0 Å². The third-order valence-electron chi connectivity index (χ3n) is 5.48. The van der Waals surface area contributed by atoms with E-state index < -0.39 is 0 Å². The highest BCUT2D eigenvalue weighted by molar-refractivity contribution is 5.30. The van der Waals surface area contributed by atoms with Crippen LogP contribution in [0.25, 0.3) is 0 Å². The van der Waals surface area contributed by atoms with Crippen LogP contribution < -0.4 is 10.2 Å². The zero-order valence-corrected chi connectivity index (χ0v) is 12.5. The second-order valence-electron chi connectivity index (χ2n) is 6.87. The minimum Gasteiger partial charge on any atom is -0.393 e. The third-order valence-corrected chi connectivity index (χ3v) is 5.48. The average molecular weight is 291 g/mol. The van der Waals surface area contributed by atoms with E-state index in [-0.39, 0.29) is 6.10 Å². The van der Waals surface area contributed by atoms with E-state index in [1.54, 1.807) is 0 Å². The van der Waals surface area contributed by atoms with Crippen molar-refractivity contribution >= 4 is 5.95 Å². The number of aliphatic hydroxyl groups excluding tert-OH is 1. The predicted octanol–water partition coefficient (Wildman–Crippen LogP) is 1.01. The Hall–Kier alpha value is -1.14. The van der Waals surface area contributed by atoms with Gasteiger partial charge in [-0.05, 0) is 51.0 Å². The highest BCUT2D eigenvalue weighted by Crippen LogP contribution is 2.35. The molecule has 21 heavy (non-hydrogen) atoms. The van der Waals surface area contributed by atoms with Crippen molar-refractivity contribution in [1.82, 2.24) is 20.5 Å². The van der Waals surface area contributed by atoms with Crippen molar-refractivity contribution in [3.8, 4) is 0 Å². The molecule has 0 radical (unpaired) electrons. The Balaban J connectivity index is 1.33. The third kappa shape index (κ3) is 2.66. The Bertz CT molecular complexity index is 470. The number of aliphatic hydroxyl groups is 1. The van der Waals surface area contributed by atoms with Crippen LogP contribution in [0.5, 0.6) is 0 Å². The van der Waals surface area contributed by atoms with E-state index in [4.69, 9.17) is 0 Å². The molecular formula is C15H25N5O. The summed E-state index contributed by atoms with van der Waals surface area (Å²) in [5, 5.41) is 20.5. The summed E-state index contributed by atoms with van der Waals surface area (Å²) in [7, 11) is 0. The van der Waals surface area contributed by atoms with Crippen molar-refractivity contribution in [2.75, 3.05) is 24.5 Å². The smallest absolute Gasteiger partial charge is 0.244 e. The molecular weight excluding hydrogens is 266 g/mol. The molecule has 6 nitrogen and oxygen atoms in total. The molecule has 0 bridgehead atoms. The first kappa shape index (κ1) is 13.5. The monoisotopic (exact) mass is 291 g/mol. The summed E-state index contributed by atoms with van der Waals surface area (Å²) in [5.74, 6) is 3.00. The number of nitrogens with zero attached hydrogens (tertiary/aromatic N) is 3. The summed E-state index contributed by atoms with van der Waals surface area (Å²) in [5.41, 5.74) is 0. The second kappa shape index (κ2) is 5.57. The number of rotatable bonds is 3. The van der Waals surface area contributed by atoms with E-state index in [0.717, 1.165) is 49.7 Å². The highest BCUT2D eigenvalue weighted by atomic mass is 16.3. The van der Waals surface area contributed by atoms with Crippen molar-refractivity contribution in [2.24, 2.45) is 5.92 Å². The lowest BCUT2D eigenvalue weighted by atomic mass is 9.82. The number of hydrogen-bond donors (Lipinski definition) is 3. The Morgan fingerprint density at radius 3 is 2.62 bits per heavy atom. The fraction of sp³-hybridized carbons (Fsp3) is 0.867. The first-order valence-corrected chi connectivity index (χ1v) is 8.38. The second-order valence-corrected chi connectivity index (χ2v) is 6.87. The zero-order chi connectivity index (χ0) is 14.2. The standard InChI is InChI=1S/C15H25N5O/c21-12-8-11(9-12)14-17-15(19-18-14)20-6-3-10(4-7-20)13-2-1-5-16-13/h10-13,16,21H,1-9H2,(H,17,18,19). The van der Waals surface area contributed by atoms with Gasteiger partial charge in [-0.15, -0.1) is 5.10 Å². The zero-order valence-electron chi connectivity index (χ0n) is 12.5. The molecule has 4 rings (SSSR count). The number of piperidine rings is 1. The Morgan fingerprint density at radius 1 is 1.14 bits per heavy atom. The van der Waals surface area contributed by atoms with Gasteiger partial charge < -0.3 is 15.3 Å². The lowest BCUT2D eigenvalue weighted by Gasteiger charge is -2.34. The number of aromatic amines is 1. The van der Waals surface area contributed by atoms with E-state index in [0.29, 0.717) is 5.92 Å². The quantitative estimate of drug-likeness (QED) is 0.775. The molecule has 2 saturated heterocycles. The molecule has 6 heteroatoms. The minimum atomic E-state index is -0.141. The summed E-state index contributed by atoms with van der Waals surface area (Å²) >= 11 is 0. The Kier molecular flexibility index (Phi) is 3.59. The molecule has 3 N–H and O–H groups in total. The van der Waals surface area contributed by atoms with Crippen molar-refractivity contribution in [1.29, 1.82) is 0 Å². The van der Waals surface area contributed by atoms with Gasteiger partial charge >= 0.3 is 0 Å². The molecule has 1 unspecified atom stereocenters. The summed E-state index contributed by atoms with van der Waals surface area (Å²) in [4.78, 5) is 6.95. The summed E-state index contributed by atoms with van der Waals surface area (Å²) in [6.07, 6.45) is 6.67. The van der Waals surface area contributed by atoms with Crippen molar-refractivity contribution in [3.63, 3.8) is 0 Å². The number of H-pyrrole nitrogens is 1. The first-order valence-electron chi connectivity index (χ1n) is 8.38. The largest absolute Gasteiger partial charge is 0.393 e. The lowest BCUT2D eigenvalue weighted by molar-refractivity contribution is 0.0718. The fourth-order valence-electron chi connectivity index (χ4n) is 4.02. The average Bonchev–Trinajstić information content (AvgIpc) is 3.16. The number of hydrogen-bond acceptors (Lipinski definition) is 5. The lowest BCUT2D eigenvalue weighted by Crippen LogP contribution is -2.41. The van der Waals surface area contributed by atoms with Gasteiger partial charge in [0.2, 0.25) is 5.95 Å². The van der Waals surface area contributed by atoms with Crippen LogP contribution in [-0.4, -0.2) is 52.1 Å². The topological polar surface area (TPSA) is 77.1 Å². The van der Waals surface area contributed by atoms with Gasteiger partial charge in [0.15, 0.2) is 0 Å². The van der Waals surface area contributed by atoms with Crippen LogP contribution in [0.4, 0.5) is 5.95 Å². The van der Waals surface area contributed by atoms with Crippen LogP contribution >= 0.6 is 0 Å². The van der Waals surface area contributed by atoms with E-state index in [1.807, 2.05) is 0 Å². The van der Waals surface area contributed by atoms with E-state index in [2.05, 4.69) is 25.4 Å². The maximum Gasteiger partial charge on any atom is 0.244 e. The molecule has 1 aromatic heterocycles. The van der Waals surface area contributed by atoms with Crippen molar-refractivity contribution in [3.05, 3.63) is 5.82 Å². The van der Waals surface area contributed by atoms with Crippen LogP contribution in [0.3, 0.4) is 0 Å². The summed E-state index contributed by atoms with van der Waals surface area (Å²) in [6, 6.07) is 0.742. The normalized spacial score (nSPS) is 34.1. The van der Waals surface area contributed by atoms with Crippen LogP contribution in [0.2, 0.25) is 0 Å². The molecule has 116 valence electrons. The van der Waals surface area contributed by atoms with Crippen LogP contribution in [0.15, 0.2) is 0 Å². The Morgan fingerprint density at radius 2 is 1.95 bits per heavy atom. The molecule has 3 aliphatic rings. The van der Waals surface area contributed by atoms with Gasteiger partial charge in [0, 0.05) is 25.0 Å². The van der Waals surface area contributed by atoms with Gasteiger partial charge in [-0.1, -0.05) is 0 Å². The highest BCUT2D eigenvalue weighted by Gasteiger charge is 2.33. The number of anilines is 1. The van der Waals surface area contributed by atoms with E-state index in [9.17, 15) is 5.11 Å². The van der Waals surface area contributed by atoms with Crippen molar-refractivity contribution < 1.29 is 5.11 Å². The maximum absolute atomic E-state index is 9.39. The number of aromatic nitrogens is 3. The molecule has 1 atom stereocenters. The minimum absolute atomic E-state index is 0.141. The van der Waals surface area contributed by atoms with Crippen LogP contribution in [-0.2, 0) is 0 Å². The molecule has 0 aromatic carbocycles. The molecule has 3 fully saturated rings. The molecule has 0 spiro atoms. The summed E-state index contributed by atoms with van der Waals surface area (Å²) in [6.45, 7) is 3.32. The van der Waals surface area contributed by atoms with Crippen LogP contribution in [0.1, 0.15) is 50.3 Å². The van der Waals surface area contributed by atoms with Gasteiger partial charge in [0.25, 0.3) is 0 Å². The Labute approximate surface area is 125 Å². The maximum atomic E-state index is 9.39. The molecule has 1 aliphatic carbocycles. The SMILES string of the molecule is OC1CC(c2nc(N3CCC(C4CCCN4)CC3)n[nH]2)C1.